The fraction of sp³-hybridized carbons (Fsp3) is 0.538. The molecule has 1 aliphatic rings. The van der Waals surface area contributed by atoms with E-state index >= 15 is 0 Å². The van der Waals surface area contributed by atoms with Gasteiger partial charge < -0.3 is 4.43 Å². The molecule has 0 radical (unpaired) electrons. The predicted molar refractivity (Wildman–Crippen MR) is 66.4 cm³/mol. The Hall–Kier alpha value is -0.603. The van der Waals surface area contributed by atoms with Crippen molar-refractivity contribution >= 4 is 8.32 Å². The zero-order chi connectivity index (χ0) is 11.1. The van der Waals surface area contributed by atoms with Gasteiger partial charge in [-0.2, -0.15) is 0 Å². The summed E-state index contributed by atoms with van der Waals surface area (Å²) in [5, 5.41) is 0. The highest BCUT2D eigenvalue weighted by Gasteiger charge is 2.47. The molecule has 0 bridgehead atoms. The lowest BCUT2D eigenvalue weighted by Gasteiger charge is -2.25. The van der Waals surface area contributed by atoms with Crippen molar-refractivity contribution in [2.24, 2.45) is 5.92 Å². The predicted octanol–water partition coefficient (Wildman–Crippen LogP) is 3.57. The smallest absolute Gasteiger partial charge is 0.194 e. The number of hydrogen-bond acceptors (Lipinski definition) is 1. The third-order valence-electron chi connectivity index (χ3n) is 3.66. The average Bonchev–Trinajstić information content (AvgIpc) is 2.37. The molecule has 0 saturated carbocycles. The summed E-state index contributed by atoms with van der Waals surface area (Å²) < 4.78 is 6.17. The molecular weight excluding hydrogens is 200 g/mol. The molecule has 0 aromatic heterocycles. The molecule has 1 saturated heterocycles. The Morgan fingerprint density at radius 3 is 2.13 bits per heavy atom. The molecule has 0 aliphatic carbocycles. The monoisotopic (exact) mass is 220 g/mol. The van der Waals surface area contributed by atoms with Gasteiger partial charge in [0.05, 0.1) is 0 Å². The van der Waals surface area contributed by atoms with Crippen LogP contribution in [0.4, 0.5) is 0 Å². The zero-order valence-corrected chi connectivity index (χ0v) is 11.0. The van der Waals surface area contributed by atoms with Gasteiger partial charge in [0.2, 0.25) is 0 Å². The first-order valence-corrected chi connectivity index (χ1v) is 8.73. The third kappa shape index (κ3) is 1.88. The maximum absolute atomic E-state index is 6.17. The van der Waals surface area contributed by atoms with Crippen LogP contribution in [0.5, 0.6) is 0 Å². The van der Waals surface area contributed by atoms with E-state index in [0.29, 0.717) is 17.6 Å². The van der Waals surface area contributed by atoms with Crippen LogP contribution in [0.1, 0.15) is 25.0 Å². The molecule has 2 rings (SSSR count). The Bertz CT molecular complexity index is 334. The normalized spacial score (nSPS) is 34.3. The third-order valence-corrected chi connectivity index (χ3v) is 7.00. The summed E-state index contributed by atoms with van der Waals surface area (Å²) in [5.41, 5.74) is 2.11. The number of benzene rings is 1. The van der Waals surface area contributed by atoms with Crippen LogP contribution in [0.3, 0.4) is 0 Å². The van der Waals surface area contributed by atoms with Crippen LogP contribution >= 0.6 is 0 Å². The fourth-order valence-electron chi connectivity index (χ4n) is 2.93. The van der Waals surface area contributed by atoms with E-state index in [1.165, 1.54) is 5.56 Å². The fourth-order valence-corrected chi connectivity index (χ4v) is 6.78. The molecule has 3 unspecified atom stereocenters. The zero-order valence-electron chi connectivity index (χ0n) is 10.0. The van der Waals surface area contributed by atoms with Gasteiger partial charge in [-0.25, -0.2) is 0 Å². The Labute approximate surface area is 93.6 Å². The molecule has 1 fully saturated rings. The first kappa shape index (κ1) is 10.9. The molecule has 1 aromatic carbocycles. The molecule has 15 heavy (non-hydrogen) atoms. The van der Waals surface area contributed by atoms with Gasteiger partial charge >= 0.3 is 0 Å². The summed E-state index contributed by atoms with van der Waals surface area (Å²) in [5.74, 6) is 0.647. The van der Waals surface area contributed by atoms with Crippen molar-refractivity contribution in [3.8, 4) is 0 Å². The first-order chi connectivity index (χ1) is 7.02. The Kier molecular flexibility index (Phi) is 2.73. The van der Waals surface area contributed by atoms with E-state index in [1.54, 1.807) is 0 Å². The maximum Gasteiger partial charge on any atom is 0.194 e. The van der Waals surface area contributed by atoms with Crippen molar-refractivity contribution in [3.05, 3.63) is 35.9 Å². The van der Waals surface area contributed by atoms with Gasteiger partial charge in [-0.05, 0) is 31.5 Å². The number of rotatable bonds is 1. The second-order valence-electron chi connectivity index (χ2n) is 5.17. The first-order valence-electron chi connectivity index (χ1n) is 5.75. The van der Waals surface area contributed by atoms with E-state index in [4.69, 9.17) is 4.43 Å². The lowest BCUT2D eigenvalue weighted by atomic mass is 9.96. The summed E-state index contributed by atoms with van der Waals surface area (Å²) in [7, 11) is -1.54. The molecular formula is C13H20OSi. The minimum atomic E-state index is -1.54. The Morgan fingerprint density at radius 2 is 1.67 bits per heavy atom. The van der Waals surface area contributed by atoms with Crippen LogP contribution in [-0.2, 0) is 4.43 Å². The van der Waals surface area contributed by atoms with Gasteiger partial charge in [0.1, 0.15) is 0 Å². The molecule has 3 atom stereocenters. The van der Waals surface area contributed by atoms with E-state index in [2.05, 4.69) is 57.3 Å². The summed E-state index contributed by atoms with van der Waals surface area (Å²) >= 11 is 0. The van der Waals surface area contributed by atoms with Crippen LogP contribution in [-0.4, -0.2) is 14.4 Å². The SMILES string of the molecule is CC1O[Si](C)(C)C(c2ccccc2)C1C. The van der Waals surface area contributed by atoms with E-state index in [-0.39, 0.29) is 0 Å². The maximum atomic E-state index is 6.17. The van der Waals surface area contributed by atoms with E-state index < -0.39 is 8.32 Å². The molecule has 0 spiro atoms. The minimum Gasteiger partial charge on any atom is -0.414 e. The molecule has 1 nitrogen and oxygen atoms in total. The van der Waals surface area contributed by atoms with Crippen LogP contribution < -0.4 is 0 Å². The van der Waals surface area contributed by atoms with E-state index in [0.717, 1.165) is 0 Å². The van der Waals surface area contributed by atoms with Gasteiger partial charge in [-0.3, -0.25) is 0 Å². The Balaban J connectivity index is 2.36. The van der Waals surface area contributed by atoms with Crippen LogP contribution in [0.25, 0.3) is 0 Å². The molecule has 2 heteroatoms. The number of hydrogen-bond donors (Lipinski definition) is 0. The van der Waals surface area contributed by atoms with E-state index in [9.17, 15) is 0 Å². The Morgan fingerprint density at radius 1 is 1.07 bits per heavy atom. The molecule has 1 aromatic rings. The van der Waals surface area contributed by atoms with Gasteiger partial charge in [0, 0.05) is 11.6 Å². The highest BCUT2D eigenvalue weighted by Crippen LogP contribution is 2.43. The molecule has 82 valence electrons. The van der Waals surface area contributed by atoms with Crippen molar-refractivity contribution in [2.75, 3.05) is 0 Å². The largest absolute Gasteiger partial charge is 0.414 e. The topological polar surface area (TPSA) is 9.23 Å². The summed E-state index contributed by atoms with van der Waals surface area (Å²) in [6, 6.07) is 10.8. The molecule has 0 amide bonds. The van der Waals surface area contributed by atoms with Gasteiger partial charge in [0.25, 0.3) is 0 Å². The highest BCUT2D eigenvalue weighted by atomic mass is 28.4. The minimum absolute atomic E-state index is 0.414. The van der Waals surface area contributed by atoms with Crippen molar-refractivity contribution in [1.29, 1.82) is 0 Å². The van der Waals surface area contributed by atoms with Crippen molar-refractivity contribution in [2.45, 2.75) is 38.6 Å². The van der Waals surface area contributed by atoms with Crippen molar-refractivity contribution in [3.63, 3.8) is 0 Å². The van der Waals surface area contributed by atoms with Crippen LogP contribution in [0, 0.1) is 5.92 Å². The van der Waals surface area contributed by atoms with E-state index in [1.807, 2.05) is 0 Å². The summed E-state index contributed by atoms with van der Waals surface area (Å²) in [6.07, 6.45) is 0.414. The van der Waals surface area contributed by atoms with Gasteiger partial charge in [-0.15, -0.1) is 0 Å². The molecule has 0 N–H and O–H groups in total. The average molecular weight is 220 g/mol. The summed E-state index contributed by atoms with van der Waals surface area (Å²) in [4.78, 5) is 0. The molecule has 1 aliphatic heterocycles. The quantitative estimate of drug-likeness (QED) is 0.657. The lowest BCUT2D eigenvalue weighted by molar-refractivity contribution is 0.203. The highest BCUT2D eigenvalue weighted by molar-refractivity contribution is 6.73. The summed E-state index contributed by atoms with van der Waals surface area (Å²) in [6.45, 7) is 9.21. The van der Waals surface area contributed by atoms with Crippen LogP contribution in [0.2, 0.25) is 13.1 Å². The van der Waals surface area contributed by atoms with Gasteiger partial charge in [0.15, 0.2) is 8.32 Å². The van der Waals surface area contributed by atoms with Crippen LogP contribution in [0.15, 0.2) is 30.3 Å². The standard InChI is InChI=1S/C13H20OSi/c1-10-11(2)14-15(3,4)13(10)12-8-6-5-7-9-12/h5-11,13H,1-4H3. The second-order valence-corrected chi connectivity index (χ2v) is 9.24. The van der Waals surface area contributed by atoms with Gasteiger partial charge in [-0.1, -0.05) is 37.3 Å². The second kappa shape index (κ2) is 3.76. The van der Waals surface area contributed by atoms with Crippen molar-refractivity contribution in [1.82, 2.24) is 0 Å². The molecule has 1 heterocycles. The van der Waals surface area contributed by atoms with Crippen molar-refractivity contribution < 1.29 is 4.43 Å². The lowest BCUT2D eigenvalue weighted by Crippen LogP contribution is -2.33.